The number of rotatable bonds is 2. The van der Waals surface area contributed by atoms with Gasteiger partial charge in [0.2, 0.25) is 0 Å². The Labute approximate surface area is 104 Å². The van der Waals surface area contributed by atoms with Gasteiger partial charge < -0.3 is 10.6 Å². The lowest BCUT2D eigenvalue weighted by Gasteiger charge is -2.31. The molecule has 17 heavy (non-hydrogen) atoms. The number of piperidine rings is 1. The van der Waals surface area contributed by atoms with Crippen molar-refractivity contribution in [3.05, 3.63) is 29.3 Å². The molecule has 2 heteroatoms. The third-order valence-electron chi connectivity index (χ3n) is 4.44. The van der Waals surface area contributed by atoms with Gasteiger partial charge in [-0.15, -0.1) is 0 Å². The van der Waals surface area contributed by atoms with Crippen LogP contribution in [-0.2, 0) is 0 Å². The van der Waals surface area contributed by atoms with Crippen molar-refractivity contribution in [2.24, 2.45) is 0 Å². The van der Waals surface area contributed by atoms with Crippen molar-refractivity contribution in [3.8, 4) is 0 Å². The van der Waals surface area contributed by atoms with Crippen LogP contribution >= 0.6 is 0 Å². The lowest BCUT2D eigenvalue weighted by molar-refractivity contribution is 0.378. The summed E-state index contributed by atoms with van der Waals surface area (Å²) in [4.78, 5) is 0. The molecule has 0 spiro atoms. The summed E-state index contributed by atoms with van der Waals surface area (Å²) in [7, 11) is 0. The van der Waals surface area contributed by atoms with Crippen LogP contribution < -0.4 is 10.6 Å². The van der Waals surface area contributed by atoms with E-state index in [-0.39, 0.29) is 0 Å². The quantitative estimate of drug-likeness (QED) is 0.816. The third kappa shape index (κ3) is 2.19. The summed E-state index contributed by atoms with van der Waals surface area (Å²) in [6, 6.07) is 8.74. The highest BCUT2D eigenvalue weighted by molar-refractivity contribution is 5.54. The predicted octanol–water partition coefficient (Wildman–Crippen LogP) is 3.00. The van der Waals surface area contributed by atoms with E-state index in [0.29, 0.717) is 6.04 Å². The average Bonchev–Trinajstić information content (AvgIpc) is 2.65. The summed E-state index contributed by atoms with van der Waals surface area (Å²) < 4.78 is 0. The minimum absolute atomic E-state index is 0.661. The molecule has 2 saturated heterocycles. The number of fused-ring (bicyclic) bond motifs is 2. The normalized spacial score (nSPS) is 31.5. The van der Waals surface area contributed by atoms with E-state index in [9.17, 15) is 0 Å². The smallest absolute Gasteiger partial charge is 0.0374 e. The summed E-state index contributed by atoms with van der Waals surface area (Å²) in [5, 5.41) is 7.44. The maximum Gasteiger partial charge on any atom is 0.0374 e. The van der Waals surface area contributed by atoms with E-state index in [1.807, 2.05) is 0 Å². The van der Waals surface area contributed by atoms with Crippen LogP contribution in [0.5, 0.6) is 0 Å². The standard InChI is InChI=1S/C15H22N2/c1-10-4-3-5-15(11(10)2)17-14-8-12-6-7-13(9-14)16-12/h3-5,12-14,16-17H,6-9H2,1-2H3. The molecule has 0 radical (unpaired) electrons. The van der Waals surface area contributed by atoms with Crippen molar-refractivity contribution in [3.63, 3.8) is 0 Å². The van der Waals surface area contributed by atoms with Gasteiger partial charge in [-0.05, 0) is 56.7 Å². The van der Waals surface area contributed by atoms with E-state index >= 15 is 0 Å². The average molecular weight is 230 g/mol. The van der Waals surface area contributed by atoms with Crippen molar-refractivity contribution >= 4 is 5.69 Å². The summed E-state index contributed by atoms with van der Waals surface area (Å²) in [6.07, 6.45) is 5.30. The molecule has 0 saturated carbocycles. The van der Waals surface area contributed by atoms with Crippen LogP contribution in [0, 0.1) is 13.8 Å². The Bertz CT molecular complexity index is 401. The van der Waals surface area contributed by atoms with Crippen LogP contribution in [-0.4, -0.2) is 18.1 Å². The Hall–Kier alpha value is -1.02. The van der Waals surface area contributed by atoms with Gasteiger partial charge in [0.25, 0.3) is 0 Å². The number of hydrogen-bond donors (Lipinski definition) is 2. The molecule has 1 aromatic carbocycles. The fraction of sp³-hybridized carbons (Fsp3) is 0.600. The van der Waals surface area contributed by atoms with Gasteiger partial charge in [0.15, 0.2) is 0 Å². The highest BCUT2D eigenvalue weighted by atomic mass is 15.0. The predicted molar refractivity (Wildman–Crippen MR) is 72.5 cm³/mol. The monoisotopic (exact) mass is 230 g/mol. The minimum Gasteiger partial charge on any atom is -0.382 e. The molecule has 2 bridgehead atoms. The summed E-state index contributed by atoms with van der Waals surface area (Å²) in [6.45, 7) is 4.40. The van der Waals surface area contributed by atoms with Gasteiger partial charge in [-0.3, -0.25) is 0 Å². The number of anilines is 1. The van der Waals surface area contributed by atoms with Gasteiger partial charge in [0.1, 0.15) is 0 Å². The maximum absolute atomic E-state index is 3.75. The molecule has 2 aliphatic rings. The van der Waals surface area contributed by atoms with Gasteiger partial charge in [0.05, 0.1) is 0 Å². The zero-order chi connectivity index (χ0) is 11.8. The number of hydrogen-bond acceptors (Lipinski definition) is 2. The van der Waals surface area contributed by atoms with Gasteiger partial charge in [-0.1, -0.05) is 12.1 Å². The molecule has 0 aliphatic carbocycles. The van der Waals surface area contributed by atoms with Crippen molar-refractivity contribution in [2.45, 2.75) is 57.7 Å². The summed E-state index contributed by atoms with van der Waals surface area (Å²) >= 11 is 0. The van der Waals surface area contributed by atoms with Gasteiger partial charge >= 0.3 is 0 Å². The fourth-order valence-corrected chi connectivity index (χ4v) is 3.30. The second-order valence-electron chi connectivity index (χ2n) is 5.70. The van der Waals surface area contributed by atoms with Crippen molar-refractivity contribution < 1.29 is 0 Å². The molecule has 0 aromatic heterocycles. The first-order valence-corrected chi connectivity index (χ1v) is 6.81. The van der Waals surface area contributed by atoms with Crippen LogP contribution in [0.1, 0.15) is 36.8 Å². The summed E-state index contributed by atoms with van der Waals surface area (Å²) in [5.74, 6) is 0. The van der Waals surface area contributed by atoms with Crippen LogP contribution in [0.2, 0.25) is 0 Å². The molecule has 2 N–H and O–H groups in total. The van der Waals surface area contributed by atoms with E-state index in [2.05, 4.69) is 42.7 Å². The Balaban J connectivity index is 1.72. The zero-order valence-corrected chi connectivity index (χ0v) is 10.8. The SMILES string of the molecule is Cc1cccc(NC2CC3CCC(C2)N3)c1C. The molecule has 0 amide bonds. The van der Waals surface area contributed by atoms with Gasteiger partial charge in [-0.2, -0.15) is 0 Å². The first kappa shape index (κ1) is 11.1. The molecular formula is C15H22N2. The largest absolute Gasteiger partial charge is 0.382 e. The van der Waals surface area contributed by atoms with Crippen LogP contribution in [0.15, 0.2) is 18.2 Å². The number of benzene rings is 1. The van der Waals surface area contributed by atoms with Crippen molar-refractivity contribution in [2.75, 3.05) is 5.32 Å². The fourth-order valence-electron chi connectivity index (χ4n) is 3.30. The Morgan fingerprint density at radius 3 is 2.53 bits per heavy atom. The molecule has 2 aliphatic heterocycles. The number of nitrogens with one attached hydrogen (secondary N) is 2. The molecule has 92 valence electrons. The molecule has 1 aromatic rings. The van der Waals surface area contributed by atoms with Crippen LogP contribution in [0.4, 0.5) is 5.69 Å². The molecule has 2 unspecified atom stereocenters. The molecule has 3 rings (SSSR count). The summed E-state index contributed by atoms with van der Waals surface area (Å²) in [5.41, 5.74) is 4.11. The van der Waals surface area contributed by atoms with E-state index in [0.717, 1.165) is 12.1 Å². The van der Waals surface area contributed by atoms with E-state index in [1.54, 1.807) is 0 Å². The molecule has 2 heterocycles. The lowest BCUT2D eigenvalue weighted by atomic mass is 9.98. The molecule has 2 atom stereocenters. The zero-order valence-electron chi connectivity index (χ0n) is 10.8. The second-order valence-corrected chi connectivity index (χ2v) is 5.70. The van der Waals surface area contributed by atoms with Crippen LogP contribution in [0.3, 0.4) is 0 Å². The topological polar surface area (TPSA) is 24.1 Å². The molecule has 2 fully saturated rings. The van der Waals surface area contributed by atoms with Gasteiger partial charge in [-0.25, -0.2) is 0 Å². The highest BCUT2D eigenvalue weighted by Gasteiger charge is 2.33. The van der Waals surface area contributed by atoms with Gasteiger partial charge in [0, 0.05) is 23.8 Å². The minimum atomic E-state index is 0.661. The molecule has 2 nitrogen and oxygen atoms in total. The second kappa shape index (κ2) is 4.34. The first-order chi connectivity index (χ1) is 8.22. The Morgan fingerprint density at radius 2 is 1.82 bits per heavy atom. The number of aryl methyl sites for hydroxylation is 1. The van der Waals surface area contributed by atoms with Crippen molar-refractivity contribution in [1.29, 1.82) is 0 Å². The third-order valence-corrected chi connectivity index (χ3v) is 4.44. The van der Waals surface area contributed by atoms with Crippen molar-refractivity contribution in [1.82, 2.24) is 5.32 Å². The Morgan fingerprint density at radius 1 is 1.12 bits per heavy atom. The van der Waals surface area contributed by atoms with Crippen LogP contribution in [0.25, 0.3) is 0 Å². The Kier molecular flexibility index (Phi) is 2.83. The molecular weight excluding hydrogens is 208 g/mol. The van der Waals surface area contributed by atoms with E-state index < -0.39 is 0 Å². The van der Waals surface area contributed by atoms with E-state index in [1.165, 1.54) is 42.5 Å². The first-order valence-electron chi connectivity index (χ1n) is 6.81. The maximum atomic E-state index is 3.75. The highest BCUT2D eigenvalue weighted by Crippen LogP contribution is 2.29. The lowest BCUT2D eigenvalue weighted by Crippen LogP contribution is -2.43. The van der Waals surface area contributed by atoms with E-state index in [4.69, 9.17) is 0 Å².